The van der Waals surface area contributed by atoms with Gasteiger partial charge in [-0.1, -0.05) is 19.4 Å². The van der Waals surface area contributed by atoms with Gasteiger partial charge in [-0.25, -0.2) is 4.79 Å². The molecule has 0 atom stereocenters. The highest BCUT2D eigenvalue weighted by atomic mass is 16.5. The largest absolute Gasteiger partial charge is 0.488 e. The molecule has 0 bridgehead atoms. The average molecular weight is 293 g/mol. The van der Waals surface area contributed by atoms with Gasteiger partial charge in [-0.3, -0.25) is 4.79 Å². The zero-order valence-corrected chi connectivity index (χ0v) is 13.1. The van der Waals surface area contributed by atoms with Crippen molar-refractivity contribution < 1.29 is 14.3 Å². The van der Waals surface area contributed by atoms with Crippen molar-refractivity contribution in [1.82, 2.24) is 4.98 Å². The zero-order valence-electron chi connectivity index (χ0n) is 13.1. The number of esters is 1. The van der Waals surface area contributed by atoms with Gasteiger partial charge in [0, 0.05) is 18.3 Å². The number of nitrogens with one attached hydrogen (secondary N) is 1. The molecular weight excluding hydrogens is 270 g/mol. The van der Waals surface area contributed by atoms with Gasteiger partial charge in [-0.15, -0.1) is 0 Å². The lowest BCUT2D eigenvalue weighted by atomic mass is 10.1. The molecule has 0 unspecified atom stereocenters. The summed E-state index contributed by atoms with van der Waals surface area (Å²) in [4.78, 5) is 26.1. The van der Waals surface area contributed by atoms with E-state index in [1.165, 1.54) is 18.3 Å². The van der Waals surface area contributed by atoms with E-state index in [1.807, 2.05) is 13.8 Å². The fraction of sp³-hybridized carbons (Fsp3) is 0.500. The highest BCUT2D eigenvalue weighted by Gasteiger charge is 2.05. The van der Waals surface area contributed by atoms with Gasteiger partial charge in [-0.2, -0.15) is 0 Å². The molecule has 0 spiro atoms. The summed E-state index contributed by atoms with van der Waals surface area (Å²) in [6, 6.07) is 1.39. The lowest BCUT2D eigenvalue weighted by molar-refractivity contribution is -0.139. The maximum Gasteiger partial charge on any atom is 0.331 e. The molecule has 0 aromatic carbocycles. The molecule has 21 heavy (non-hydrogen) atoms. The number of H-pyrrole nitrogens is 1. The predicted octanol–water partition coefficient (Wildman–Crippen LogP) is 2.81. The molecule has 0 aliphatic heterocycles. The molecule has 0 aliphatic rings. The van der Waals surface area contributed by atoms with Crippen molar-refractivity contribution in [1.29, 1.82) is 0 Å². The second-order valence-electron chi connectivity index (χ2n) is 5.55. The number of hydrogen-bond acceptors (Lipinski definition) is 4. The highest BCUT2D eigenvalue weighted by molar-refractivity contribution is 5.82. The Morgan fingerprint density at radius 3 is 2.67 bits per heavy atom. The van der Waals surface area contributed by atoms with E-state index in [4.69, 9.17) is 9.47 Å². The number of hydrogen-bond donors (Lipinski definition) is 1. The van der Waals surface area contributed by atoms with Crippen LogP contribution in [0.1, 0.15) is 39.8 Å². The van der Waals surface area contributed by atoms with Crippen molar-refractivity contribution in [3.63, 3.8) is 0 Å². The van der Waals surface area contributed by atoms with E-state index in [0.29, 0.717) is 18.2 Å². The van der Waals surface area contributed by atoms with E-state index in [1.54, 1.807) is 0 Å². The van der Waals surface area contributed by atoms with E-state index in [2.05, 4.69) is 18.8 Å². The number of carbonyl (C=O) groups excluding carboxylic acids is 1. The molecule has 116 valence electrons. The van der Waals surface area contributed by atoms with E-state index in [0.717, 1.165) is 12.0 Å². The zero-order chi connectivity index (χ0) is 15.8. The Bertz CT molecular complexity index is 554. The summed E-state index contributed by atoms with van der Waals surface area (Å²) < 4.78 is 10.4. The lowest BCUT2D eigenvalue weighted by Gasteiger charge is -2.08. The summed E-state index contributed by atoms with van der Waals surface area (Å²) in [7, 11) is 0. The first kappa shape index (κ1) is 17.0. The minimum atomic E-state index is -0.423. The van der Waals surface area contributed by atoms with E-state index in [-0.39, 0.29) is 17.8 Å². The van der Waals surface area contributed by atoms with Crippen LogP contribution in [0.3, 0.4) is 0 Å². The first-order chi connectivity index (χ1) is 9.88. The number of ether oxygens (including phenoxy) is 2. The third kappa shape index (κ3) is 6.79. The smallest absolute Gasteiger partial charge is 0.331 e. The average Bonchev–Trinajstić information content (AvgIpc) is 2.37. The Kier molecular flexibility index (Phi) is 6.72. The molecule has 1 aromatic rings. The number of aromatic nitrogens is 1. The van der Waals surface area contributed by atoms with Gasteiger partial charge in [-0.05, 0) is 26.2 Å². The van der Waals surface area contributed by atoms with Crippen LogP contribution in [-0.2, 0) is 16.1 Å². The molecule has 1 rings (SSSR count). The Morgan fingerprint density at radius 1 is 1.38 bits per heavy atom. The van der Waals surface area contributed by atoms with Crippen LogP contribution < -0.4 is 10.2 Å². The third-order valence-electron chi connectivity index (χ3n) is 2.67. The van der Waals surface area contributed by atoms with Gasteiger partial charge in [0.1, 0.15) is 6.61 Å². The molecule has 0 amide bonds. The summed E-state index contributed by atoms with van der Waals surface area (Å²) in [5, 5.41) is 0. The Morgan fingerprint density at radius 2 is 2.10 bits per heavy atom. The second kappa shape index (κ2) is 8.29. The maximum atomic E-state index is 11.8. The molecule has 1 N–H and O–H groups in total. The molecule has 1 aromatic heterocycles. The van der Waals surface area contributed by atoms with Crippen molar-refractivity contribution in [2.45, 2.75) is 40.7 Å². The van der Waals surface area contributed by atoms with Crippen LogP contribution in [-0.4, -0.2) is 17.6 Å². The first-order valence-electron chi connectivity index (χ1n) is 7.04. The number of pyridine rings is 1. The Labute approximate surface area is 125 Å². The predicted molar refractivity (Wildman–Crippen MR) is 81.2 cm³/mol. The minimum Gasteiger partial charge on any atom is -0.488 e. The standard InChI is InChI=1S/C16H23NO4/c1-11(2)5-6-20-15-9-17-13(8-14(15)18)10-21-16(19)7-12(3)4/h7-9,11H,5-6,10H2,1-4H3,(H,17,18). The van der Waals surface area contributed by atoms with E-state index < -0.39 is 5.97 Å². The number of aromatic amines is 1. The monoisotopic (exact) mass is 293 g/mol. The van der Waals surface area contributed by atoms with Crippen LogP contribution >= 0.6 is 0 Å². The minimum absolute atomic E-state index is 0.0319. The van der Waals surface area contributed by atoms with Crippen LogP contribution in [0, 0.1) is 5.92 Å². The summed E-state index contributed by atoms with van der Waals surface area (Å²) >= 11 is 0. The van der Waals surface area contributed by atoms with Crippen LogP contribution in [0.25, 0.3) is 0 Å². The van der Waals surface area contributed by atoms with Crippen LogP contribution in [0.15, 0.2) is 28.7 Å². The SMILES string of the molecule is CC(C)=CC(=O)OCc1cc(=O)c(OCCC(C)C)c[nH]1. The molecule has 5 nitrogen and oxygen atoms in total. The van der Waals surface area contributed by atoms with Gasteiger partial charge >= 0.3 is 5.97 Å². The summed E-state index contributed by atoms with van der Waals surface area (Å²) in [6.45, 7) is 8.35. The highest BCUT2D eigenvalue weighted by Crippen LogP contribution is 2.06. The molecule has 0 fully saturated rings. The van der Waals surface area contributed by atoms with E-state index in [9.17, 15) is 9.59 Å². The van der Waals surface area contributed by atoms with Gasteiger partial charge in [0.15, 0.2) is 5.75 Å². The van der Waals surface area contributed by atoms with Gasteiger partial charge in [0.25, 0.3) is 0 Å². The van der Waals surface area contributed by atoms with Crippen LogP contribution in [0.2, 0.25) is 0 Å². The topological polar surface area (TPSA) is 68.4 Å². The quantitative estimate of drug-likeness (QED) is 0.620. The van der Waals surface area contributed by atoms with Crippen molar-refractivity contribution in [3.8, 4) is 5.75 Å². The van der Waals surface area contributed by atoms with Crippen molar-refractivity contribution >= 4 is 5.97 Å². The Hall–Kier alpha value is -2.04. The van der Waals surface area contributed by atoms with E-state index >= 15 is 0 Å². The van der Waals surface area contributed by atoms with Crippen molar-refractivity contribution in [2.24, 2.45) is 5.92 Å². The number of rotatable bonds is 7. The molecule has 1 heterocycles. The van der Waals surface area contributed by atoms with Crippen molar-refractivity contribution in [2.75, 3.05) is 6.61 Å². The number of allylic oxidation sites excluding steroid dienone is 1. The normalized spacial score (nSPS) is 10.3. The van der Waals surface area contributed by atoms with Gasteiger partial charge < -0.3 is 14.5 Å². The van der Waals surface area contributed by atoms with Gasteiger partial charge in [0.05, 0.1) is 12.3 Å². The van der Waals surface area contributed by atoms with Crippen LogP contribution in [0.4, 0.5) is 0 Å². The fourth-order valence-corrected chi connectivity index (χ4v) is 1.53. The summed E-state index contributed by atoms with van der Waals surface area (Å²) in [6.07, 6.45) is 3.80. The molecular formula is C16H23NO4. The second-order valence-corrected chi connectivity index (χ2v) is 5.55. The van der Waals surface area contributed by atoms with Crippen LogP contribution in [0.5, 0.6) is 5.75 Å². The third-order valence-corrected chi connectivity index (χ3v) is 2.67. The fourth-order valence-electron chi connectivity index (χ4n) is 1.53. The summed E-state index contributed by atoms with van der Waals surface area (Å²) in [5.41, 5.74) is 1.18. The Balaban J connectivity index is 2.56. The molecule has 0 saturated carbocycles. The lowest BCUT2D eigenvalue weighted by Crippen LogP contribution is -2.12. The number of carbonyl (C=O) groups is 1. The molecule has 0 aliphatic carbocycles. The molecule has 0 saturated heterocycles. The first-order valence-corrected chi connectivity index (χ1v) is 7.04. The molecule has 5 heteroatoms. The maximum absolute atomic E-state index is 11.8. The molecule has 0 radical (unpaired) electrons. The summed E-state index contributed by atoms with van der Waals surface area (Å²) in [5.74, 6) is 0.390. The van der Waals surface area contributed by atoms with Crippen molar-refractivity contribution in [3.05, 3.63) is 39.8 Å². The van der Waals surface area contributed by atoms with Gasteiger partial charge in [0.2, 0.25) is 5.43 Å².